The van der Waals surface area contributed by atoms with Gasteiger partial charge in [0.25, 0.3) is 0 Å². The molecule has 1 saturated heterocycles. The molecule has 0 spiro atoms. The molecule has 0 N–H and O–H groups in total. The highest BCUT2D eigenvalue weighted by Crippen LogP contribution is 2.35. The van der Waals surface area contributed by atoms with Gasteiger partial charge in [-0.3, -0.25) is 0 Å². The molecule has 5 atom stereocenters. The maximum atomic E-state index is 6.45. The van der Waals surface area contributed by atoms with Gasteiger partial charge < -0.3 is 18.9 Å². The van der Waals surface area contributed by atoms with E-state index in [1.54, 1.807) is 26.0 Å². The summed E-state index contributed by atoms with van der Waals surface area (Å²) in [5, 5.41) is 0. The molecule has 2 rings (SSSR count). The summed E-state index contributed by atoms with van der Waals surface area (Å²) in [5.74, 6) is 1.61. The first kappa shape index (κ1) is 21.7. The Balaban J connectivity index is 2.12. The van der Waals surface area contributed by atoms with E-state index in [1.807, 2.05) is 18.2 Å². The summed E-state index contributed by atoms with van der Waals surface area (Å²) in [4.78, 5) is 0. The van der Waals surface area contributed by atoms with Crippen molar-refractivity contribution in [1.82, 2.24) is 0 Å². The van der Waals surface area contributed by atoms with E-state index in [0.717, 1.165) is 24.2 Å². The molecule has 1 aliphatic rings. The normalized spacial score (nSPS) is 29.2. The van der Waals surface area contributed by atoms with Gasteiger partial charge in [0.15, 0.2) is 0 Å². The third kappa shape index (κ3) is 5.96. The standard InChI is InChI=1S/C21H34O4S/c1-6-26-21-20(24-14-16-10-8-7-9-11-16)19(23-5)18(22-4)17(25-21)13-12-15(2)3/h7-11,15,17-21H,6,12-14H2,1-5H3/t17-,18-,19+,20+,21-/m1/s1. The first-order valence-electron chi connectivity index (χ1n) is 9.58. The number of rotatable bonds is 10. The highest BCUT2D eigenvalue weighted by molar-refractivity contribution is 7.99. The first-order valence-corrected chi connectivity index (χ1v) is 10.6. The fraction of sp³-hybridized carbons (Fsp3) is 0.714. The Morgan fingerprint density at radius 3 is 2.31 bits per heavy atom. The number of hydrogen-bond acceptors (Lipinski definition) is 5. The third-order valence-corrected chi connectivity index (χ3v) is 5.82. The van der Waals surface area contributed by atoms with Crippen LogP contribution in [-0.4, -0.2) is 49.8 Å². The monoisotopic (exact) mass is 382 g/mol. The Bertz CT molecular complexity index is 496. The van der Waals surface area contributed by atoms with Gasteiger partial charge in [-0.2, -0.15) is 0 Å². The number of ether oxygens (including phenoxy) is 4. The van der Waals surface area contributed by atoms with E-state index in [-0.39, 0.29) is 29.9 Å². The second-order valence-electron chi connectivity index (χ2n) is 7.13. The molecule has 1 fully saturated rings. The highest BCUT2D eigenvalue weighted by atomic mass is 32.2. The van der Waals surface area contributed by atoms with Crippen molar-refractivity contribution in [3.63, 3.8) is 0 Å². The number of thioether (sulfide) groups is 1. The summed E-state index contributed by atoms with van der Waals surface area (Å²) < 4.78 is 24.4. The zero-order valence-corrected chi connectivity index (χ0v) is 17.5. The lowest BCUT2D eigenvalue weighted by molar-refractivity contribution is -0.230. The topological polar surface area (TPSA) is 36.9 Å². The van der Waals surface area contributed by atoms with Crippen LogP contribution in [0.4, 0.5) is 0 Å². The summed E-state index contributed by atoms with van der Waals surface area (Å²) >= 11 is 1.78. The van der Waals surface area contributed by atoms with Gasteiger partial charge in [-0.15, -0.1) is 11.8 Å². The van der Waals surface area contributed by atoms with Crippen molar-refractivity contribution in [3.8, 4) is 0 Å². The predicted octanol–water partition coefficient (Wildman–Crippen LogP) is 4.52. The van der Waals surface area contributed by atoms with Gasteiger partial charge in [0.1, 0.15) is 23.7 Å². The molecule has 0 unspecified atom stereocenters. The van der Waals surface area contributed by atoms with E-state index in [2.05, 4.69) is 32.9 Å². The maximum absolute atomic E-state index is 6.45. The van der Waals surface area contributed by atoms with E-state index < -0.39 is 0 Å². The van der Waals surface area contributed by atoms with Crippen LogP contribution in [-0.2, 0) is 25.6 Å². The molecule has 148 valence electrons. The van der Waals surface area contributed by atoms with Crippen LogP contribution < -0.4 is 0 Å². The molecule has 0 aliphatic carbocycles. The molecule has 1 aromatic rings. The van der Waals surface area contributed by atoms with Gasteiger partial charge in [0, 0.05) is 14.2 Å². The molecule has 26 heavy (non-hydrogen) atoms. The van der Waals surface area contributed by atoms with Crippen LogP contribution in [0.2, 0.25) is 0 Å². The molecule has 0 bridgehead atoms. The zero-order valence-electron chi connectivity index (χ0n) is 16.7. The summed E-state index contributed by atoms with van der Waals surface area (Å²) in [7, 11) is 3.48. The van der Waals surface area contributed by atoms with Gasteiger partial charge in [-0.25, -0.2) is 0 Å². The van der Waals surface area contributed by atoms with Crippen molar-refractivity contribution >= 4 is 11.8 Å². The Morgan fingerprint density at radius 1 is 1.04 bits per heavy atom. The van der Waals surface area contributed by atoms with Gasteiger partial charge in [0.2, 0.25) is 0 Å². The van der Waals surface area contributed by atoms with E-state index in [1.165, 1.54) is 0 Å². The molecule has 0 saturated carbocycles. The number of hydrogen-bond donors (Lipinski definition) is 0. The zero-order chi connectivity index (χ0) is 18.9. The minimum Gasteiger partial charge on any atom is -0.376 e. The lowest BCUT2D eigenvalue weighted by Gasteiger charge is -2.45. The number of methoxy groups -OCH3 is 2. The number of benzene rings is 1. The van der Waals surface area contributed by atoms with Gasteiger partial charge >= 0.3 is 0 Å². The van der Waals surface area contributed by atoms with E-state index in [4.69, 9.17) is 18.9 Å². The smallest absolute Gasteiger partial charge is 0.132 e. The van der Waals surface area contributed by atoms with Crippen LogP contribution in [0.15, 0.2) is 30.3 Å². The quantitative estimate of drug-likeness (QED) is 0.595. The summed E-state index contributed by atoms with van der Waals surface area (Å²) in [6, 6.07) is 10.2. The van der Waals surface area contributed by atoms with E-state index >= 15 is 0 Å². The Hall–Kier alpha value is -0.590. The second kappa shape index (κ2) is 11.3. The van der Waals surface area contributed by atoms with E-state index in [9.17, 15) is 0 Å². The molecule has 0 aromatic heterocycles. The predicted molar refractivity (Wildman–Crippen MR) is 107 cm³/mol. The molecule has 1 heterocycles. The SMILES string of the molecule is CCS[C@H]1O[C@H](CCC(C)C)[C@@H](OC)[C@H](OC)[C@@H]1OCc1ccccc1. The third-order valence-electron chi connectivity index (χ3n) is 4.78. The molecular formula is C21H34O4S. The molecule has 4 nitrogen and oxygen atoms in total. The second-order valence-corrected chi connectivity index (χ2v) is 8.51. The summed E-state index contributed by atoms with van der Waals surface area (Å²) in [6.07, 6.45) is 1.70. The molecule has 0 amide bonds. The van der Waals surface area contributed by atoms with Crippen LogP contribution >= 0.6 is 11.8 Å². The van der Waals surface area contributed by atoms with Gasteiger partial charge in [-0.1, -0.05) is 51.1 Å². The van der Waals surface area contributed by atoms with Crippen LogP contribution in [0.3, 0.4) is 0 Å². The molecule has 1 aliphatic heterocycles. The Labute approximate surface area is 162 Å². The first-order chi connectivity index (χ1) is 12.6. The van der Waals surface area contributed by atoms with Crippen LogP contribution in [0.5, 0.6) is 0 Å². The molecular weight excluding hydrogens is 348 g/mol. The summed E-state index contributed by atoms with van der Waals surface area (Å²) in [5.41, 5.74) is 1.11. The minimum atomic E-state index is -0.162. The van der Waals surface area contributed by atoms with Crippen molar-refractivity contribution in [2.24, 2.45) is 5.92 Å². The fourth-order valence-electron chi connectivity index (χ4n) is 3.40. The molecule has 0 radical (unpaired) electrons. The van der Waals surface area contributed by atoms with Crippen LogP contribution in [0, 0.1) is 5.92 Å². The van der Waals surface area contributed by atoms with Crippen molar-refractivity contribution in [2.45, 2.75) is 70.1 Å². The van der Waals surface area contributed by atoms with E-state index in [0.29, 0.717) is 12.5 Å². The van der Waals surface area contributed by atoms with Crippen molar-refractivity contribution in [3.05, 3.63) is 35.9 Å². The lowest BCUT2D eigenvalue weighted by Crippen LogP contribution is -2.58. The van der Waals surface area contributed by atoms with Crippen molar-refractivity contribution in [1.29, 1.82) is 0 Å². The van der Waals surface area contributed by atoms with Crippen LogP contribution in [0.25, 0.3) is 0 Å². The average molecular weight is 383 g/mol. The largest absolute Gasteiger partial charge is 0.376 e. The van der Waals surface area contributed by atoms with Crippen molar-refractivity contribution in [2.75, 3.05) is 20.0 Å². The Morgan fingerprint density at radius 2 is 1.73 bits per heavy atom. The molecule has 5 heteroatoms. The van der Waals surface area contributed by atoms with Crippen LogP contribution in [0.1, 0.15) is 39.2 Å². The minimum absolute atomic E-state index is 0.0352. The average Bonchev–Trinajstić information content (AvgIpc) is 2.65. The summed E-state index contributed by atoms with van der Waals surface area (Å²) in [6.45, 7) is 7.17. The molecule has 1 aromatic carbocycles. The van der Waals surface area contributed by atoms with Gasteiger partial charge in [0.05, 0.1) is 12.7 Å². The fourth-order valence-corrected chi connectivity index (χ4v) is 4.38. The van der Waals surface area contributed by atoms with Gasteiger partial charge in [-0.05, 0) is 30.1 Å². The highest BCUT2D eigenvalue weighted by Gasteiger charge is 2.47. The maximum Gasteiger partial charge on any atom is 0.132 e. The lowest BCUT2D eigenvalue weighted by atomic mass is 9.93. The van der Waals surface area contributed by atoms with Crippen molar-refractivity contribution < 1.29 is 18.9 Å². The Kier molecular flexibility index (Phi) is 9.43.